The Balaban J connectivity index is 2.29. The van der Waals surface area contributed by atoms with Crippen molar-refractivity contribution < 1.29 is 4.33 Å². The molecule has 1 aromatic rings. The molecule has 0 bridgehead atoms. The van der Waals surface area contributed by atoms with Crippen LogP contribution < -0.4 is 0 Å². The first-order chi connectivity index (χ1) is 5.79. The number of nitrogens with zero attached hydrogens (tertiary/aromatic N) is 1. The first-order valence-electron chi connectivity index (χ1n) is 3.27. The van der Waals surface area contributed by atoms with Crippen molar-refractivity contribution in [3.63, 3.8) is 0 Å². The van der Waals surface area contributed by atoms with E-state index in [1.54, 1.807) is 0 Å². The molecule has 0 aromatic heterocycles. The molecule has 12 heavy (non-hydrogen) atoms. The molecule has 3 nitrogen and oxygen atoms in total. The lowest BCUT2D eigenvalue weighted by molar-refractivity contribution is -0.280. The number of hydrogen-bond donors (Lipinski definition) is 0. The predicted molar refractivity (Wildman–Crippen MR) is 52.3 cm³/mol. The molecule has 0 aliphatic carbocycles. The fourth-order valence-electron chi connectivity index (χ4n) is 0.712. The van der Waals surface area contributed by atoms with Gasteiger partial charge in [-0.05, 0) is 16.4 Å². The second kappa shape index (κ2) is 5.05. The number of hydrogen-bond acceptors (Lipinski definition) is 4. The molecular weight excluding hydrogens is 194 g/mol. The summed E-state index contributed by atoms with van der Waals surface area (Å²) in [6.07, 6.45) is 0. The molecule has 0 saturated heterocycles. The molecule has 0 radical (unpaired) electrons. The summed E-state index contributed by atoms with van der Waals surface area (Å²) in [5.41, 5.74) is 1.11. The van der Waals surface area contributed by atoms with Gasteiger partial charge in [0.25, 0.3) is 0 Å². The van der Waals surface area contributed by atoms with Gasteiger partial charge in [0.05, 0.1) is 0 Å². The zero-order chi connectivity index (χ0) is 8.81. The Bertz CT molecular complexity index is 253. The molecule has 1 rings (SSSR count). The lowest BCUT2D eigenvalue weighted by atomic mass is 10.2. The molecule has 64 valence electrons. The highest BCUT2D eigenvalue weighted by molar-refractivity contribution is 8.74. The predicted octanol–water partition coefficient (Wildman–Crippen LogP) is 2.76. The van der Waals surface area contributed by atoms with E-state index in [9.17, 15) is 10.1 Å². The number of nitro groups is 1. The molecule has 1 aromatic carbocycles. The van der Waals surface area contributed by atoms with Crippen LogP contribution in [0.5, 0.6) is 0 Å². The van der Waals surface area contributed by atoms with E-state index in [0.29, 0.717) is 16.7 Å². The number of benzene rings is 1. The third-order valence-electron chi connectivity index (χ3n) is 1.18. The normalized spacial score (nSPS) is 9.67. The Labute approximate surface area is 78.2 Å². The molecule has 0 heterocycles. The first-order valence-corrected chi connectivity index (χ1v) is 5.54. The van der Waals surface area contributed by atoms with Gasteiger partial charge < -0.3 is 0 Å². The number of rotatable bonds is 4. The molecule has 5 heteroatoms. The van der Waals surface area contributed by atoms with E-state index in [-0.39, 0.29) is 0 Å². The Morgan fingerprint density at radius 2 is 2.00 bits per heavy atom. The average Bonchev–Trinajstić information content (AvgIpc) is 2.05. The van der Waals surface area contributed by atoms with E-state index < -0.39 is 4.33 Å². The Morgan fingerprint density at radius 3 is 2.58 bits per heavy atom. The van der Waals surface area contributed by atoms with Crippen LogP contribution in [0.15, 0.2) is 30.3 Å². The molecule has 0 unspecified atom stereocenters. The minimum Gasteiger partial charge on any atom is -0.250 e. The third-order valence-corrected chi connectivity index (χ3v) is 2.90. The van der Waals surface area contributed by atoms with Crippen LogP contribution in [0.3, 0.4) is 0 Å². The average molecular weight is 201 g/mol. The van der Waals surface area contributed by atoms with Gasteiger partial charge in [-0.2, -0.15) is 0 Å². The van der Waals surface area contributed by atoms with Crippen molar-refractivity contribution in [2.45, 2.75) is 5.75 Å². The standard InChI is InChI=1S/C7H7NO2S2/c9-8(10)12-11-6-7-4-2-1-3-5-7/h1-5H,6H2. The van der Waals surface area contributed by atoms with Crippen molar-refractivity contribution in [3.05, 3.63) is 46.0 Å². The molecular formula is C7H7NO2S2. The molecule has 0 aliphatic heterocycles. The Hall–Kier alpha value is -0.680. The van der Waals surface area contributed by atoms with Crippen molar-refractivity contribution in [1.29, 1.82) is 0 Å². The summed E-state index contributed by atoms with van der Waals surface area (Å²) in [7, 11) is 1.90. The molecule has 0 fully saturated rings. The van der Waals surface area contributed by atoms with E-state index in [4.69, 9.17) is 0 Å². The zero-order valence-electron chi connectivity index (χ0n) is 6.17. The van der Waals surface area contributed by atoms with E-state index in [1.807, 2.05) is 30.3 Å². The molecule has 0 spiro atoms. The van der Waals surface area contributed by atoms with Crippen LogP contribution in [0.4, 0.5) is 0 Å². The summed E-state index contributed by atoms with van der Waals surface area (Å²) < 4.78 is -0.395. The summed E-state index contributed by atoms with van der Waals surface area (Å²) in [6, 6.07) is 9.68. The van der Waals surface area contributed by atoms with Crippen LogP contribution in [0, 0.1) is 10.1 Å². The van der Waals surface area contributed by atoms with Crippen LogP contribution in [-0.4, -0.2) is 4.33 Å². The summed E-state index contributed by atoms with van der Waals surface area (Å²) in [6.45, 7) is 0. The molecule has 0 atom stereocenters. The van der Waals surface area contributed by atoms with Gasteiger partial charge in [0, 0.05) is 5.75 Å². The third kappa shape index (κ3) is 3.64. The maximum absolute atomic E-state index is 9.94. The van der Waals surface area contributed by atoms with Gasteiger partial charge in [0.1, 0.15) is 4.33 Å². The van der Waals surface area contributed by atoms with Crippen LogP contribution in [0.2, 0.25) is 0 Å². The van der Waals surface area contributed by atoms with E-state index in [1.165, 1.54) is 10.8 Å². The van der Waals surface area contributed by atoms with Crippen molar-refractivity contribution >= 4 is 21.8 Å². The van der Waals surface area contributed by atoms with E-state index in [2.05, 4.69) is 0 Å². The Morgan fingerprint density at radius 1 is 1.33 bits per heavy atom. The van der Waals surface area contributed by atoms with Crippen LogP contribution in [0.25, 0.3) is 0 Å². The fraction of sp³-hybridized carbons (Fsp3) is 0.143. The summed E-state index contributed by atoms with van der Waals surface area (Å²) in [4.78, 5) is 9.94. The van der Waals surface area contributed by atoms with Gasteiger partial charge in [0.2, 0.25) is 0 Å². The minimum atomic E-state index is -0.395. The van der Waals surface area contributed by atoms with Gasteiger partial charge in [-0.1, -0.05) is 30.3 Å². The van der Waals surface area contributed by atoms with Crippen LogP contribution >= 0.6 is 21.8 Å². The molecule has 0 N–H and O–H groups in total. The Kier molecular flexibility index (Phi) is 3.96. The summed E-state index contributed by atoms with van der Waals surface area (Å²) in [5, 5.41) is 9.94. The largest absolute Gasteiger partial charge is 0.300 e. The lowest BCUT2D eigenvalue weighted by Crippen LogP contribution is -1.80. The first kappa shape index (κ1) is 9.41. The van der Waals surface area contributed by atoms with Crippen molar-refractivity contribution in [1.82, 2.24) is 0 Å². The van der Waals surface area contributed by atoms with Gasteiger partial charge in [-0.25, -0.2) is 10.1 Å². The summed E-state index contributed by atoms with van der Waals surface area (Å²) in [5.74, 6) is 0.673. The van der Waals surface area contributed by atoms with Gasteiger partial charge in [0.15, 0.2) is 0 Å². The van der Waals surface area contributed by atoms with E-state index >= 15 is 0 Å². The highest BCUT2D eigenvalue weighted by Gasteiger charge is 2.01. The van der Waals surface area contributed by atoms with Crippen molar-refractivity contribution in [2.24, 2.45) is 0 Å². The maximum Gasteiger partial charge on any atom is 0.300 e. The van der Waals surface area contributed by atoms with Crippen LogP contribution in [-0.2, 0) is 5.75 Å². The van der Waals surface area contributed by atoms with E-state index in [0.717, 1.165) is 5.56 Å². The quantitative estimate of drug-likeness (QED) is 0.325. The fourth-order valence-corrected chi connectivity index (χ4v) is 2.00. The van der Waals surface area contributed by atoms with Gasteiger partial charge in [-0.15, -0.1) is 0 Å². The molecule has 0 aliphatic rings. The zero-order valence-corrected chi connectivity index (χ0v) is 7.81. The monoisotopic (exact) mass is 201 g/mol. The highest BCUT2D eigenvalue weighted by Crippen LogP contribution is 2.25. The second-order valence-corrected chi connectivity index (χ2v) is 4.17. The summed E-state index contributed by atoms with van der Waals surface area (Å²) >= 11 is 0. The highest BCUT2D eigenvalue weighted by atomic mass is 33.1. The topological polar surface area (TPSA) is 43.1 Å². The van der Waals surface area contributed by atoms with Gasteiger partial charge in [-0.3, -0.25) is 0 Å². The van der Waals surface area contributed by atoms with Crippen molar-refractivity contribution in [3.8, 4) is 0 Å². The SMILES string of the molecule is O=[N+]([O-])SSCc1ccccc1. The lowest BCUT2D eigenvalue weighted by Gasteiger charge is -1.94. The van der Waals surface area contributed by atoms with Crippen LogP contribution in [0.1, 0.15) is 5.56 Å². The molecule has 0 saturated carbocycles. The second-order valence-electron chi connectivity index (χ2n) is 2.05. The van der Waals surface area contributed by atoms with Crippen molar-refractivity contribution in [2.75, 3.05) is 0 Å². The maximum atomic E-state index is 9.94. The smallest absolute Gasteiger partial charge is 0.250 e. The minimum absolute atomic E-state index is 0.395. The van der Waals surface area contributed by atoms with Gasteiger partial charge >= 0.3 is 11.0 Å². The molecule has 0 amide bonds.